The second kappa shape index (κ2) is 9.16. The molecule has 0 fully saturated rings. The van der Waals surface area contributed by atoms with Gasteiger partial charge in [0.05, 0.1) is 18.7 Å². The van der Waals surface area contributed by atoms with E-state index in [2.05, 4.69) is 30.6 Å². The maximum absolute atomic E-state index is 8.31. The molecule has 0 aliphatic rings. The number of hydrogen-bond donors (Lipinski definition) is 1. The molecule has 105 valence electrons. The van der Waals surface area contributed by atoms with Gasteiger partial charge in [-0.2, -0.15) is 0 Å². The smallest absolute Gasteiger partial charge is 0.534 e. The minimum atomic E-state index is 0.345. The van der Waals surface area contributed by atoms with Crippen molar-refractivity contribution in [1.82, 2.24) is 9.97 Å². The van der Waals surface area contributed by atoms with E-state index in [1.807, 2.05) is 12.1 Å². The molecule has 20 heavy (non-hydrogen) atoms. The Bertz CT molecular complexity index is 530. The summed E-state index contributed by atoms with van der Waals surface area (Å²) in [7, 11) is 3.65. The number of rotatable bonds is 4. The summed E-state index contributed by atoms with van der Waals surface area (Å²) >= 11 is 3.27. The first-order chi connectivity index (χ1) is 9.72. The van der Waals surface area contributed by atoms with Gasteiger partial charge in [-0.1, -0.05) is 0 Å². The molecule has 0 aliphatic heterocycles. The summed E-state index contributed by atoms with van der Waals surface area (Å²) in [6.07, 6.45) is 3.26. The van der Waals surface area contributed by atoms with Crippen LogP contribution in [0, 0.1) is 0 Å². The number of pyridine rings is 2. The lowest BCUT2D eigenvalue weighted by Crippen LogP contribution is -2.02. The molecule has 0 aromatic carbocycles. The highest BCUT2D eigenvalue weighted by Crippen LogP contribution is 2.21. The molecular weight excluding hydrogens is 327 g/mol. The number of nitrogens with zero attached hydrogens (tertiary/aromatic N) is 2. The number of methoxy groups -OCH3 is 2. The molecule has 6 nitrogen and oxygen atoms in total. The zero-order valence-corrected chi connectivity index (χ0v) is 12.6. The van der Waals surface area contributed by atoms with Gasteiger partial charge in [0.15, 0.2) is 5.75 Å². The van der Waals surface area contributed by atoms with Gasteiger partial charge in [0.2, 0.25) is 5.88 Å². The molecule has 2 heterocycles. The van der Waals surface area contributed by atoms with Crippen molar-refractivity contribution in [3.05, 3.63) is 41.1 Å². The third kappa shape index (κ3) is 5.06. The molecule has 0 saturated carbocycles. The summed E-state index contributed by atoms with van der Waals surface area (Å²) in [4.78, 5) is 7.77. The van der Waals surface area contributed by atoms with Gasteiger partial charge in [0.1, 0.15) is 0 Å². The summed E-state index contributed by atoms with van der Waals surface area (Å²) in [5.74, 6) is 1.35. The second-order valence-corrected chi connectivity index (χ2v) is 4.08. The summed E-state index contributed by atoms with van der Waals surface area (Å²) in [6.45, 7) is 0. The lowest BCUT2D eigenvalue weighted by molar-refractivity contribution is 0.367. The Morgan fingerprint density at radius 1 is 1.05 bits per heavy atom. The van der Waals surface area contributed by atoms with Crippen LogP contribution in [0.3, 0.4) is 0 Å². The van der Waals surface area contributed by atoms with Crippen LogP contribution in [0.4, 0.5) is 0 Å². The van der Waals surface area contributed by atoms with Gasteiger partial charge in [0.25, 0.3) is 5.88 Å². The van der Waals surface area contributed by atoms with Gasteiger partial charge in [-0.05, 0) is 40.2 Å². The topological polar surface area (TPSA) is 73.7 Å². The summed E-state index contributed by atoms with van der Waals surface area (Å²) in [6, 6.07) is 7.04. The van der Waals surface area contributed by atoms with Gasteiger partial charge in [0, 0.05) is 12.4 Å². The van der Waals surface area contributed by atoms with Crippen LogP contribution in [0.25, 0.3) is 0 Å². The molecular formula is C12H13BBrN2O4. The van der Waals surface area contributed by atoms with Crippen LogP contribution in [0.1, 0.15) is 0 Å². The van der Waals surface area contributed by atoms with Crippen molar-refractivity contribution in [3.63, 3.8) is 0 Å². The van der Waals surface area contributed by atoms with E-state index in [9.17, 15) is 0 Å². The average molecular weight is 340 g/mol. The summed E-state index contributed by atoms with van der Waals surface area (Å²) in [5, 5.41) is 8.31. The van der Waals surface area contributed by atoms with Gasteiger partial charge in [-0.25, -0.2) is 9.97 Å². The third-order valence-corrected chi connectivity index (χ3v) is 2.63. The quantitative estimate of drug-likeness (QED) is 0.857. The van der Waals surface area contributed by atoms with Crippen molar-refractivity contribution >= 4 is 23.6 Å². The monoisotopic (exact) mass is 339 g/mol. The van der Waals surface area contributed by atoms with Crippen LogP contribution >= 0.6 is 15.9 Å². The van der Waals surface area contributed by atoms with Crippen LogP contribution in [0.15, 0.2) is 41.1 Å². The van der Waals surface area contributed by atoms with E-state index in [1.54, 1.807) is 31.6 Å². The maximum atomic E-state index is 8.31. The van der Waals surface area contributed by atoms with E-state index in [-0.39, 0.29) is 0 Å². The Balaban J connectivity index is 0.000000204. The molecule has 8 heteroatoms. The Hall–Kier alpha value is -1.80. The van der Waals surface area contributed by atoms with Gasteiger partial charge >= 0.3 is 7.69 Å². The molecule has 0 bridgehead atoms. The van der Waals surface area contributed by atoms with Crippen molar-refractivity contribution in [3.8, 4) is 17.5 Å². The van der Waals surface area contributed by atoms with Crippen LogP contribution in [0.5, 0.6) is 17.5 Å². The lowest BCUT2D eigenvalue weighted by atomic mass is 10.3. The van der Waals surface area contributed by atoms with E-state index < -0.39 is 0 Å². The maximum Gasteiger partial charge on any atom is 0.569 e. The molecule has 2 rings (SSSR count). The first-order valence-electron chi connectivity index (χ1n) is 5.49. The average Bonchev–Trinajstić information content (AvgIpc) is 2.49. The molecule has 0 unspecified atom stereocenters. The minimum absolute atomic E-state index is 0.345. The van der Waals surface area contributed by atoms with Gasteiger partial charge in [-0.15, -0.1) is 0 Å². The lowest BCUT2D eigenvalue weighted by Gasteiger charge is -2.04. The molecule has 0 aliphatic carbocycles. The highest BCUT2D eigenvalue weighted by Gasteiger charge is 2.02. The summed E-state index contributed by atoms with van der Waals surface area (Å²) in [5.41, 5.74) is 0. The molecule has 0 spiro atoms. The Morgan fingerprint density at radius 2 is 1.65 bits per heavy atom. The van der Waals surface area contributed by atoms with Crippen molar-refractivity contribution < 1.29 is 19.2 Å². The Morgan fingerprint density at radius 3 is 2.15 bits per heavy atom. The zero-order valence-electron chi connectivity index (χ0n) is 11.0. The molecule has 0 saturated heterocycles. The fraction of sp³-hybridized carbons (Fsp3) is 0.167. The van der Waals surface area contributed by atoms with E-state index in [1.165, 1.54) is 7.11 Å². The van der Waals surface area contributed by atoms with Gasteiger partial charge in [-0.3, -0.25) is 0 Å². The van der Waals surface area contributed by atoms with Crippen LogP contribution < -0.4 is 14.1 Å². The Labute approximate surface area is 126 Å². The fourth-order valence-corrected chi connectivity index (χ4v) is 1.61. The number of ether oxygens (including phenoxy) is 2. The zero-order chi connectivity index (χ0) is 14.8. The normalized spacial score (nSPS) is 9.00. The first kappa shape index (κ1) is 16.3. The molecule has 0 atom stereocenters. The first-order valence-corrected chi connectivity index (χ1v) is 6.28. The van der Waals surface area contributed by atoms with Crippen LogP contribution in [-0.4, -0.2) is 36.9 Å². The van der Waals surface area contributed by atoms with Crippen molar-refractivity contribution in [2.45, 2.75) is 0 Å². The van der Waals surface area contributed by atoms with E-state index >= 15 is 0 Å². The molecule has 2 aromatic heterocycles. The number of hydrogen-bond acceptors (Lipinski definition) is 6. The van der Waals surface area contributed by atoms with Crippen molar-refractivity contribution in [2.24, 2.45) is 0 Å². The molecule has 1 radical (unpaired) electrons. The van der Waals surface area contributed by atoms with E-state index in [4.69, 9.17) is 14.5 Å². The SMILES string of the molecule is COc1ncccc1Br.COc1ncccc1O[B]O. The fourth-order valence-electron chi connectivity index (χ4n) is 1.20. The van der Waals surface area contributed by atoms with Crippen LogP contribution in [-0.2, 0) is 0 Å². The predicted molar refractivity (Wildman–Crippen MR) is 77.9 cm³/mol. The van der Waals surface area contributed by atoms with Crippen molar-refractivity contribution in [2.75, 3.05) is 14.2 Å². The van der Waals surface area contributed by atoms with E-state index in [0.717, 1.165) is 4.47 Å². The predicted octanol–water partition coefficient (Wildman–Crippen LogP) is 1.85. The molecule has 0 amide bonds. The highest BCUT2D eigenvalue weighted by atomic mass is 79.9. The largest absolute Gasteiger partial charge is 0.569 e. The number of halogens is 1. The van der Waals surface area contributed by atoms with Crippen LogP contribution in [0.2, 0.25) is 0 Å². The van der Waals surface area contributed by atoms with E-state index in [0.29, 0.717) is 25.2 Å². The number of aromatic nitrogens is 2. The molecule has 2 aromatic rings. The molecule has 1 N–H and O–H groups in total. The Kier molecular flexibility index (Phi) is 7.45. The summed E-state index contributed by atoms with van der Waals surface area (Å²) < 4.78 is 15.3. The standard InChI is InChI=1S/C6H7BNO3.C6H6BrNO/c1-10-6-5(11-7-9)3-2-4-8-6;1-9-6-5(7)3-2-4-8-6/h2-4,9H,1H3;2-4H,1H3. The minimum Gasteiger partial charge on any atom is -0.534 e. The second-order valence-electron chi connectivity index (χ2n) is 3.23. The highest BCUT2D eigenvalue weighted by molar-refractivity contribution is 9.10. The third-order valence-electron chi connectivity index (χ3n) is 2.03. The van der Waals surface area contributed by atoms with Crippen molar-refractivity contribution in [1.29, 1.82) is 0 Å². The van der Waals surface area contributed by atoms with Gasteiger partial charge < -0.3 is 19.2 Å².